The average Bonchev–Trinajstić information content (AvgIpc) is 2.97. The molecular weight excluding hydrogens is 372 g/mol. The Labute approximate surface area is 170 Å². The van der Waals surface area contributed by atoms with E-state index in [0.29, 0.717) is 23.7 Å². The highest BCUT2D eigenvalue weighted by Crippen LogP contribution is 2.30. The fraction of sp³-hybridized carbons (Fsp3) is 0.364. The number of carbonyl (C=O) groups excluding carboxylic acids is 2. The molecule has 1 N–H and O–H groups in total. The molecule has 0 spiro atoms. The van der Waals surface area contributed by atoms with E-state index >= 15 is 0 Å². The molecule has 0 saturated carbocycles. The molecule has 0 bridgehead atoms. The number of nitrogens with zero attached hydrogens (tertiary/aromatic N) is 1. The van der Waals surface area contributed by atoms with E-state index < -0.39 is 11.6 Å². The van der Waals surface area contributed by atoms with Crippen LogP contribution in [0.1, 0.15) is 25.8 Å². The summed E-state index contributed by atoms with van der Waals surface area (Å²) >= 11 is 0. The van der Waals surface area contributed by atoms with Crippen LogP contribution in [0.2, 0.25) is 0 Å². The summed E-state index contributed by atoms with van der Waals surface area (Å²) in [5.74, 6) is 1.81. The Balaban J connectivity index is 1.58. The second-order valence-electron chi connectivity index (χ2n) is 6.91. The molecule has 1 saturated heterocycles. The van der Waals surface area contributed by atoms with Gasteiger partial charge in [0.25, 0.3) is 5.91 Å². The third-order valence-electron chi connectivity index (χ3n) is 4.82. The van der Waals surface area contributed by atoms with Gasteiger partial charge in [-0.15, -0.1) is 0 Å². The van der Waals surface area contributed by atoms with Gasteiger partial charge in [0.2, 0.25) is 0 Å². The van der Waals surface area contributed by atoms with Crippen molar-refractivity contribution in [2.45, 2.75) is 25.8 Å². The molecular formula is C22H26N2O5. The highest BCUT2D eigenvalue weighted by molar-refractivity contribution is 6.07. The molecule has 3 amide bonds. The second-order valence-corrected chi connectivity index (χ2v) is 6.91. The minimum atomic E-state index is -1.11. The molecule has 3 rings (SSSR count). The van der Waals surface area contributed by atoms with Gasteiger partial charge >= 0.3 is 6.03 Å². The topological polar surface area (TPSA) is 77.1 Å². The molecule has 1 atom stereocenters. The SMILES string of the molecule is CCCOc1ccc(OCCN2C(=O)NC(C)(c3ccc(OC)cc3)C2=O)cc1. The predicted octanol–water partition coefficient (Wildman–Crippen LogP) is 3.33. The smallest absolute Gasteiger partial charge is 0.325 e. The Morgan fingerprint density at radius 3 is 2.00 bits per heavy atom. The van der Waals surface area contributed by atoms with E-state index in [1.807, 2.05) is 19.1 Å². The fourth-order valence-electron chi connectivity index (χ4n) is 3.13. The zero-order valence-corrected chi connectivity index (χ0v) is 16.9. The van der Waals surface area contributed by atoms with Crippen molar-refractivity contribution in [1.29, 1.82) is 0 Å². The summed E-state index contributed by atoms with van der Waals surface area (Å²) in [6.07, 6.45) is 0.944. The minimum absolute atomic E-state index is 0.157. The van der Waals surface area contributed by atoms with Crippen LogP contribution >= 0.6 is 0 Å². The first-order valence-electron chi connectivity index (χ1n) is 9.62. The van der Waals surface area contributed by atoms with Gasteiger partial charge in [0.15, 0.2) is 0 Å². The molecule has 29 heavy (non-hydrogen) atoms. The monoisotopic (exact) mass is 398 g/mol. The summed E-state index contributed by atoms with van der Waals surface area (Å²) in [6.45, 7) is 4.77. The van der Waals surface area contributed by atoms with Crippen molar-refractivity contribution >= 4 is 11.9 Å². The van der Waals surface area contributed by atoms with Crippen LogP contribution in [-0.4, -0.2) is 43.7 Å². The third kappa shape index (κ3) is 4.45. The number of carbonyl (C=O) groups is 2. The van der Waals surface area contributed by atoms with Crippen molar-refractivity contribution in [3.63, 3.8) is 0 Å². The maximum absolute atomic E-state index is 12.9. The number of ether oxygens (including phenoxy) is 3. The molecule has 1 fully saturated rings. The number of rotatable bonds is 9. The Kier molecular flexibility index (Phi) is 6.26. The lowest BCUT2D eigenvalue weighted by Gasteiger charge is -2.22. The van der Waals surface area contributed by atoms with Gasteiger partial charge in [-0.05, 0) is 55.3 Å². The van der Waals surface area contributed by atoms with Crippen LogP contribution in [0.4, 0.5) is 4.79 Å². The van der Waals surface area contributed by atoms with E-state index in [0.717, 1.165) is 12.2 Å². The Morgan fingerprint density at radius 1 is 0.897 bits per heavy atom. The van der Waals surface area contributed by atoms with Crippen molar-refractivity contribution in [3.8, 4) is 17.2 Å². The molecule has 0 radical (unpaired) electrons. The Hall–Kier alpha value is -3.22. The highest BCUT2D eigenvalue weighted by Gasteiger charge is 2.48. The minimum Gasteiger partial charge on any atom is -0.497 e. The van der Waals surface area contributed by atoms with Gasteiger partial charge < -0.3 is 19.5 Å². The number of hydrogen-bond donors (Lipinski definition) is 1. The van der Waals surface area contributed by atoms with Gasteiger partial charge in [-0.25, -0.2) is 4.79 Å². The maximum atomic E-state index is 12.9. The van der Waals surface area contributed by atoms with Crippen molar-refractivity contribution in [1.82, 2.24) is 10.2 Å². The molecule has 154 valence electrons. The van der Waals surface area contributed by atoms with Crippen LogP contribution in [-0.2, 0) is 10.3 Å². The summed E-state index contributed by atoms with van der Waals surface area (Å²) < 4.78 is 16.4. The lowest BCUT2D eigenvalue weighted by molar-refractivity contribution is -0.131. The van der Waals surface area contributed by atoms with Crippen LogP contribution in [0.15, 0.2) is 48.5 Å². The predicted molar refractivity (Wildman–Crippen MR) is 108 cm³/mol. The Morgan fingerprint density at radius 2 is 1.45 bits per heavy atom. The average molecular weight is 398 g/mol. The molecule has 2 aromatic carbocycles. The molecule has 0 aliphatic carbocycles. The summed E-state index contributed by atoms with van der Waals surface area (Å²) in [5.41, 5.74) is -0.413. The fourth-order valence-corrected chi connectivity index (χ4v) is 3.13. The van der Waals surface area contributed by atoms with Crippen LogP contribution in [0.5, 0.6) is 17.2 Å². The number of nitrogens with one attached hydrogen (secondary N) is 1. The van der Waals surface area contributed by atoms with Gasteiger partial charge in [0.05, 0.1) is 20.3 Å². The lowest BCUT2D eigenvalue weighted by atomic mass is 9.92. The van der Waals surface area contributed by atoms with Crippen molar-refractivity contribution in [3.05, 3.63) is 54.1 Å². The van der Waals surface area contributed by atoms with Gasteiger partial charge in [-0.1, -0.05) is 19.1 Å². The number of methoxy groups -OCH3 is 1. The Bertz CT molecular complexity index is 851. The number of imide groups is 1. The van der Waals surface area contributed by atoms with Crippen molar-refractivity contribution in [2.75, 3.05) is 26.9 Å². The number of urea groups is 1. The molecule has 7 heteroatoms. The molecule has 0 aromatic heterocycles. The first-order valence-corrected chi connectivity index (χ1v) is 9.62. The number of hydrogen-bond acceptors (Lipinski definition) is 5. The summed E-state index contributed by atoms with van der Waals surface area (Å²) in [4.78, 5) is 26.5. The molecule has 1 unspecified atom stereocenters. The highest BCUT2D eigenvalue weighted by atomic mass is 16.5. The maximum Gasteiger partial charge on any atom is 0.325 e. The number of benzene rings is 2. The van der Waals surface area contributed by atoms with Crippen LogP contribution in [0.3, 0.4) is 0 Å². The largest absolute Gasteiger partial charge is 0.497 e. The quantitative estimate of drug-likeness (QED) is 0.656. The van der Waals surface area contributed by atoms with Crippen LogP contribution in [0, 0.1) is 0 Å². The molecule has 1 aliphatic rings. The van der Waals surface area contributed by atoms with E-state index in [-0.39, 0.29) is 19.1 Å². The zero-order valence-electron chi connectivity index (χ0n) is 16.9. The zero-order chi connectivity index (χ0) is 20.9. The van der Waals surface area contributed by atoms with Crippen molar-refractivity contribution < 1.29 is 23.8 Å². The van der Waals surface area contributed by atoms with Gasteiger partial charge in [-0.2, -0.15) is 0 Å². The van der Waals surface area contributed by atoms with E-state index in [4.69, 9.17) is 14.2 Å². The molecule has 1 aliphatic heterocycles. The first kappa shape index (κ1) is 20.5. The van der Waals surface area contributed by atoms with Gasteiger partial charge in [0.1, 0.15) is 29.4 Å². The molecule has 2 aromatic rings. The second kappa shape index (κ2) is 8.86. The third-order valence-corrected chi connectivity index (χ3v) is 4.82. The normalized spacial score (nSPS) is 18.5. The van der Waals surface area contributed by atoms with Crippen molar-refractivity contribution in [2.24, 2.45) is 0 Å². The van der Waals surface area contributed by atoms with Gasteiger partial charge in [-0.3, -0.25) is 9.69 Å². The van der Waals surface area contributed by atoms with E-state index in [1.165, 1.54) is 4.90 Å². The summed E-state index contributed by atoms with van der Waals surface area (Å²) in [6, 6.07) is 13.9. The molecule has 7 nitrogen and oxygen atoms in total. The van der Waals surface area contributed by atoms with E-state index in [9.17, 15) is 9.59 Å². The first-order chi connectivity index (χ1) is 14.0. The van der Waals surface area contributed by atoms with Crippen LogP contribution in [0.25, 0.3) is 0 Å². The van der Waals surface area contributed by atoms with E-state index in [2.05, 4.69) is 5.32 Å². The lowest BCUT2D eigenvalue weighted by Crippen LogP contribution is -2.41. The van der Waals surface area contributed by atoms with E-state index in [1.54, 1.807) is 50.4 Å². The van der Waals surface area contributed by atoms with Gasteiger partial charge in [0, 0.05) is 0 Å². The number of amides is 3. The molecule has 1 heterocycles. The summed E-state index contributed by atoms with van der Waals surface area (Å²) in [7, 11) is 1.58. The standard InChI is InChI=1S/C22H26N2O5/c1-4-14-28-18-9-11-19(12-10-18)29-15-13-24-20(25)22(2,23-21(24)26)16-5-7-17(27-3)8-6-16/h5-12H,4,13-15H2,1-3H3,(H,23,26). The summed E-state index contributed by atoms with van der Waals surface area (Å²) in [5, 5.41) is 2.78. The van der Waals surface area contributed by atoms with Crippen LogP contribution < -0.4 is 19.5 Å².